The molecule has 0 saturated carbocycles. The van der Waals surface area contributed by atoms with Crippen molar-refractivity contribution in [2.75, 3.05) is 7.11 Å². The zero-order chi connectivity index (χ0) is 23.5. The highest BCUT2D eigenvalue weighted by atomic mass is 127. The molecule has 0 saturated heterocycles. The lowest BCUT2D eigenvalue weighted by Crippen LogP contribution is -2.05. The van der Waals surface area contributed by atoms with Crippen LogP contribution < -0.4 is 9.47 Å². The predicted molar refractivity (Wildman–Crippen MR) is 149 cm³/mol. The summed E-state index contributed by atoms with van der Waals surface area (Å²) in [7, 11) is 1.59. The van der Waals surface area contributed by atoms with E-state index in [-0.39, 0.29) is 5.70 Å². The van der Waals surface area contributed by atoms with Gasteiger partial charge >= 0.3 is 5.97 Å². The van der Waals surface area contributed by atoms with E-state index in [1.54, 1.807) is 13.2 Å². The molecule has 0 aromatic heterocycles. The van der Waals surface area contributed by atoms with Gasteiger partial charge in [0.1, 0.15) is 6.61 Å². The minimum Gasteiger partial charge on any atom is -0.493 e. The lowest BCUT2D eigenvalue weighted by molar-refractivity contribution is -0.129. The Kier molecular flexibility index (Phi) is 7.75. The van der Waals surface area contributed by atoms with E-state index in [4.69, 9.17) is 14.2 Å². The second kappa shape index (κ2) is 10.6. The molecule has 1 heterocycles. The monoisotopic (exact) mass is 729 g/mol. The number of hydrogen-bond acceptors (Lipinski definition) is 5. The Bertz CT molecular complexity index is 1300. The number of aryl methyl sites for hydroxylation is 1. The number of ether oxygens (including phenoxy) is 3. The van der Waals surface area contributed by atoms with Gasteiger partial charge in [-0.3, -0.25) is 0 Å². The van der Waals surface area contributed by atoms with Gasteiger partial charge in [-0.1, -0.05) is 34.1 Å². The van der Waals surface area contributed by atoms with Crippen LogP contribution >= 0.6 is 61.1 Å². The molecule has 0 amide bonds. The molecule has 4 rings (SSSR count). The van der Waals surface area contributed by atoms with Crippen LogP contribution in [-0.4, -0.2) is 19.0 Å². The second-order valence-corrected chi connectivity index (χ2v) is 10.4. The number of carbonyl (C=O) groups is 1. The van der Waals surface area contributed by atoms with Crippen molar-refractivity contribution in [2.24, 2.45) is 4.99 Å². The summed E-state index contributed by atoms with van der Waals surface area (Å²) in [4.78, 5) is 16.9. The van der Waals surface area contributed by atoms with Crippen LogP contribution in [0.2, 0.25) is 0 Å². The zero-order valence-corrected chi connectivity index (χ0v) is 23.6. The molecule has 0 N–H and O–H groups in total. The van der Waals surface area contributed by atoms with Crippen LogP contribution in [0.5, 0.6) is 11.5 Å². The van der Waals surface area contributed by atoms with Crippen molar-refractivity contribution < 1.29 is 19.0 Å². The van der Waals surface area contributed by atoms with Crippen molar-refractivity contribution in [1.29, 1.82) is 0 Å². The minimum atomic E-state index is -0.482. The van der Waals surface area contributed by atoms with Crippen molar-refractivity contribution in [2.45, 2.75) is 13.5 Å². The number of halogens is 3. The standard InChI is InChI=1S/C25H18BrI2NO4/c1-14-9-16(7-8-19(14)27)24-29-21(25(30)33-24)11-15-10-20(28)23(22(12-15)31-2)32-13-17-5-3-4-6-18(17)26/h3-12H,13H2,1-2H3/b21-11-. The number of cyclic esters (lactones) is 1. The lowest BCUT2D eigenvalue weighted by Gasteiger charge is -2.14. The van der Waals surface area contributed by atoms with E-state index in [1.165, 1.54) is 0 Å². The van der Waals surface area contributed by atoms with Crippen molar-refractivity contribution in [3.63, 3.8) is 0 Å². The average molecular weight is 730 g/mol. The molecule has 168 valence electrons. The van der Waals surface area contributed by atoms with E-state index in [9.17, 15) is 4.79 Å². The number of carbonyl (C=O) groups excluding carboxylic acids is 1. The third kappa shape index (κ3) is 5.60. The largest absolute Gasteiger partial charge is 0.493 e. The molecule has 0 fully saturated rings. The molecular formula is C25H18BrI2NO4. The molecule has 5 nitrogen and oxygen atoms in total. The number of nitrogens with zero attached hydrogens (tertiary/aromatic N) is 1. The Morgan fingerprint density at radius 3 is 2.61 bits per heavy atom. The first kappa shape index (κ1) is 24.2. The molecule has 33 heavy (non-hydrogen) atoms. The molecule has 0 unspecified atom stereocenters. The highest BCUT2D eigenvalue weighted by Crippen LogP contribution is 2.36. The lowest BCUT2D eigenvalue weighted by atomic mass is 10.1. The molecular weight excluding hydrogens is 712 g/mol. The maximum Gasteiger partial charge on any atom is 0.363 e. The van der Waals surface area contributed by atoms with Crippen LogP contribution in [0.3, 0.4) is 0 Å². The number of benzene rings is 3. The van der Waals surface area contributed by atoms with Crippen molar-refractivity contribution in [3.05, 3.63) is 94.2 Å². The topological polar surface area (TPSA) is 57.1 Å². The van der Waals surface area contributed by atoms with Crippen LogP contribution in [0, 0.1) is 14.1 Å². The predicted octanol–water partition coefficient (Wildman–Crippen LogP) is 6.90. The first-order chi connectivity index (χ1) is 15.9. The number of rotatable bonds is 6. The quantitative estimate of drug-likeness (QED) is 0.158. The van der Waals surface area contributed by atoms with Crippen LogP contribution in [-0.2, 0) is 16.1 Å². The average Bonchev–Trinajstić information content (AvgIpc) is 3.15. The van der Waals surface area contributed by atoms with Crippen molar-refractivity contribution in [1.82, 2.24) is 0 Å². The highest BCUT2D eigenvalue weighted by molar-refractivity contribution is 14.1. The van der Waals surface area contributed by atoms with Gasteiger partial charge in [0.05, 0.1) is 10.7 Å². The normalized spacial score (nSPS) is 14.3. The Morgan fingerprint density at radius 1 is 1.09 bits per heavy atom. The van der Waals surface area contributed by atoms with Crippen molar-refractivity contribution in [3.8, 4) is 11.5 Å². The molecule has 3 aromatic carbocycles. The summed E-state index contributed by atoms with van der Waals surface area (Å²) in [5, 5.41) is 0. The number of aliphatic imine (C=N–C) groups is 1. The molecule has 0 aliphatic carbocycles. The van der Waals surface area contributed by atoms with Crippen LogP contribution in [0.1, 0.15) is 22.3 Å². The van der Waals surface area contributed by atoms with Gasteiger partial charge in [-0.15, -0.1) is 0 Å². The van der Waals surface area contributed by atoms with E-state index >= 15 is 0 Å². The summed E-state index contributed by atoms with van der Waals surface area (Å²) in [5.74, 6) is 1.04. The maximum absolute atomic E-state index is 12.4. The smallest absolute Gasteiger partial charge is 0.363 e. The van der Waals surface area contributed by atoms with Gasteiger partial charge in [-0.05, 0) is 106 Å². The minimum absolute atomic E-state index is 0.237. The summed E-state index contributed by atoms with van der Waals surface area (Å²) in [6.07, 6.45) is 1.69. The Labute approximate surface area is 227 Å². The van der Waals surface area contributed by atoms with Crippen LogP contribution in [0.15, 0.2) is 69.8 Å². The van der Waals surface area contributed by atoms with Gasteiger partial charge in [0.15, 0.2) is 17.2 Å². The van der Waals surface area contributed by atoms with E-state index in [2.05, 4.69) is 66.1 Å². The fraction of sp³-hybridized carbons (Fsp3) is 0.120. The first-order valence-electron chi connectivity index (χ1n) is 9.88. The zero-order valence-electron chi connectivity index (χ0n) is 17.7. The molecule has 0 atom stereocenters. The molecule has 0 radical (unpaired) electrons. The number of esters is 1. The van der Waals surface area contributed by atoms with Crippen molar-refractivity contribution >= 4 is 79.1 Å². The number of hydrogen-bond donors (Lipinski definition) is 0. The fourth-order valence-corrected chi connectivity index (χ4v) is 4.71. The molecule has 3 aromatic rings. The summed E-state index contributed by atoms with van der Waals surface area (Å²) in [6.45, 7) is 2.40. The highest BCUT2D eigenvalue weighted by Gasteiger charge is 2.25. The summed E-state index contributed by atoms with van der Waals surface area (Å²) in [6, 6.07) is 17.5. The number of methoxy groups -OCH3 is 1. The molecule has 0 bridgehead atoms. The summed E-state index contributed by atoms with van der Waals surface area (Å²) in [5.41, 5.74) is 3.90. The molecule has 8 heteroatoms. The summed E-state index contributed by atoms with van der Waals surface area (Å²) >= 11 is 8.01. The fourth-order valence-electron chi connectivity index (χ4n) is 3.20. The Morgan fingerprint density at radius 2 is 1.88 bits per heavy atom. The van der Waals surface area contributed by atoms with E-state index in [0.29, 0.717) is 24.0 Å². The van der Waals surface area contributed by atoms with Gasteiger partial charge in [0.25, 0.3) is 0 Å². The molecule has 1 aliphatic rings. The van der Waals surface area contributed by atoms with E-state index < -0.39 is 5.97 Å². The van der Waals surface area contributed by atoms with E-state index in [1.807, 2.05) is 61.5 Å². The molecule has 1 aliphatic heterocycles. The third-order valence-electron chi connectivity index (χ3n) is 4.91. The van der Waals surface area contributed by atoms with Gasteiger partial charge in [0, 0.05) is 19.2 Å². The van der Waals surface area contributed by atoms with Gasteiger partial charge in [-0.2, -0.15) is 0 Å². The van der Waals surface area contributed by atoms with Gasteiger partial charge in [-0.25, -0.2) is 9.79 Å². The Balaban J connectivity index is 1.60. The van der Waals surface area contributed by atoms with Gasteiger partial charge < -0.3 is 14.2 Å². The third-order valence-corrected chi connectivity index (χ3v) is 7.70. The Hall–Kier alpha value is -1.92. The SMILES string of the molecule is COc1cc(/C=C2\N=C(c3ccc(I)c(C)c3)OC2=O)cc(I)c1OCc1ccccc1Br. The second-order valence-electron chi connectivity index (χ2n) is 7.21. The van der Waals surface area contributed by atoms with Crippen LogP contribution in [0.25, 0.3) is 6.08 Å². The molecule has 0 spiro atoms. The first-order valence-corrected chi connectivity index (χ1v) is 12.8. The maximum atomic E-state index is 12.4. The van der Waals surface area contributed by atoms with Crippen LogP contribution in [0.4, 0.5) is 0 Å². The summed E-state index contributed by atoms with van der Waals surface area (Å²) < 4.78 is 20.0. The van der Waals surface area contributed by atoms with E-state index in [0.717, 1.165) is 33.9 Å². The van der Waals surface area contributed by atoms with Gasteiger partial charge in [0.2, 0.25) is 5.90 Å².